The average molecular weight is 153 g/mol. The van der Waals surface area contributed by atoms with Crippen molar-refractivity contribution >= 4 is 6.41 Å². The van der Waals surface area contributed by atoms with Gasteiger partial charge in [-0.25, -0.2) is 0 Å². The van der Waals surface area contributed by atoms with Crippen molar-refractivity contribution in [3.05, 3.63) is 24.4 Å². The molecule has 0 unspecified atom stereocenters. The van der Waals surface area contributed by atoms with Gasteiger partial charge in [0.1, 0.15) is 0 Å². The number of nitrogens with one attached hydrogen (secondary N) is 1. The summed E-state index contributed by atoms with van der Waals surface area (Å²) in [5, 5.41) is 2.43. The van der Waals surface area contributed by atoms with Crippen molar-refractivity contribution in [2.75, 3.05) is 0 Å². The summed E-state index contributed by atoms with van der Waals surface area (Å²) in [4.78, 5) is 9.75. The summed E-state index contributed by atoms with van der Waals surface area (Å²) in [5.41, 5.74) is 0. The molecule has 1 N–H and O–H groups in total. The first-order chi connectivity index (χ1) is 5.41. The normalized spacial score (nSPS) is 11.0. The molecule has 11 heavy (non-hydrogen) atoms. The van der Waals surface area contributed by atoms with Gasteiger partial charge < -0.3 is 5.32 Å². The topological polar surface area (TPSA) is 29.1 Å². The van der Waals surface area contributed by atoms with E-state index in [0.29, 0.717) is 6.41 Å². The zero-order chi connectivity index (χ0) is 8.36. The van der Waals surface area contributed by atoms with Gasteiger partial charge in [0.2, 0.25) is 6.41 Å². The van der Waals surface area contributed by atoms with Gasteiger partial charge in [0, 0.05) is 6.20 Å². The lowest BCUT2D eigenvalue weighted by Crippen LogP contribution is -1.97. The highest BCUT2D eigenvalue weighted by molar-refractivity contribution is 5.47. The summed E-state index contributed by atoms with van der Waals surface area (Å²) in [6, 6.07) is 0. The Morgan fingerprint density at radius 1 is 1.36 bits per heavy atom. The van der Waals surface area contributed by atoms with E-state index in [-0.39, 0.29) is 0 Å². The SMILES string of the molecule is CCCCC=CC=CNC=O. The smallest absolute Gasteiger partial charge is 0.211 e. The minimum Gasteiger partial charge on any atom is -0.335 e. The zero-order valence-corrected chi connectivity index (χ0v) is 6.92. The molecule has 0 aromatic carbocycles. The predicted octanol–water partition coefficient (Wildman–Crippen LogP) is 1.99. The van der Waals surface area contributed by atoms with Crippen molar-refractivity contribution in [2.24, 2.45) is 0 Å². The van der Waals surface area contributed by atoms with Gasteiger partial charge >= 0.3 is 0 Å². The average Bonchev–Trinajstić information content (AvgIpc) is 2.03. The molecule has 0 heterocycles. The van der Waals surface area contributed by atoms with E-state index in [1.165, 1.54) is 12.8 Å². The van der Waals surface area contributed by atoms with Gasteiger partial charge in [-0.05, 0) is 12.5 Å². The molecule has 0 aliphatic heterocycles. The van der Waals surface area contributed by atoms with Gasteiger partial charge in [-0.2, -0.15) is 0 Å². The highest BCUT2D eigenvalue weighted by Gasteiger charge is 1.74. The Bertz CT molecular complexity index is 138. The molecule has 0 saturated carbocycles. The van der Waals surface area contributed by atoms with Gasteiger partial charge in [-0.1, -0.05) is 31.9 Å². The van der Waals surface area contributed by atoms with Gasteiger partial charge in [-0.3, -0.25) is 4.79 Å². The highest BCUT2D eigenvalue weighted by Crippen LogP contribution is 1.94. The van der Waals surface area contributed by atoms with E-state index in [4.69, 9.17) is 0 Å². The van der Waals surface area contributed by atoms with Crippen LogP contribution in [0.3, 0.4) is 0 Å². The van der Waals surface area contributed by atoms with E-state index in [9.17, 15) is 4.79 Å². The second-order valence-electron chi connectivity index (χ2n) is 2.21. The molecule has 0 aliphatic rings. The molecule has 0 rings (SSSR count). The largest absolute Gasteiger partial charge is 0.335 e. The lowest BCUT2D eigenvalue weighted by Gasteiger charge is -1.85. The molecule has 2 heteroatoms. The lowest BCUT2D eigenvalue weighted by molar-refractivity contribution is -0.108. The van der Waals surface area contributed by atoms with Gasteiger partial charge in [0.25, 0.3) is 0 Å². The van der Waals surface area contributed by atoms with Crippen molar-refractivity contribution in [1.82, 2.24) is 5.32 Å². The number of hydrogen-bond donors (Lipinski definition) is 1. The molecule has 0 aromatic rings. The van der Waals surface area contributed by atoms with Gasteiger partial charge in [-0.15, -0.1) is 0 Å². The van der Waals surface area contributed by atoms with Crippen LogP contribution in [-0.4, -0.2) is 6.41 Å². The van der Waals surface area contributed by atoms with E-state index in [1.54, 1.807) is 6.20 Å². The molecule has 62 valence electrons. The van der Waals surface area contributed by atoms with Crippen LogP contribution in [0.4, 0.5) is 0 Å². The molecule has 0 bridgehead atoms. The first-order valence-corrected chi connectivity index (χ1v) is 3.93. The summed E-state index contributed by atoms with van der Waals surface area (Å²) in [7, 11) is 0. The van der Waals surface area contributed by atoms with E-state index >= 15 is 0 Å². The van der Waals surface area contributed by atoms with Crippen molar-refractivity contribution < 1.29 is 4.79 Å². The maximum Gasteiger partial charge on any atom is 0.211 e. The van der Waals surface area contributed by atoms with Crippen LogP contribution in [0.25, 0.3) is 0 Å². The van der Waals surface area contributed by atoms with Gasteiger partial charge in [0.05, 0.1) is 0 Å². The van der Waals surface area contributed by atoms with Gasteiger partial charge in [0.15, 0.2) is 0 Å². The summed E-state index contributed by atoms with van der Waals surface area (Å²) in [5.74, 6) is 0. The first-order valence-electron chi connectivity index (χ1n) is 3.93. The second-order valence-corrected chi connectivity index (χ2v) is 2.21. The summed E-state index contributed by atoms with van der Waals surface area (Å²) in [6.45, 7) is 2.16. The van der Waals surface area contributed by atoms with Crippen LogP contribution < -0.4 is 5.32 Å². The van der Waals surface area contributed by atoms with Crippen LogP contribution in [0, 0.1) is 0 Å². The van der Waals surface area contributed by atoms with Crippen LogP contribution in [0.2, 0.25) is 0 Å². The molecule has 2 nitrogen and oxygen atoms in total. The summed E-state index contributed by atoms with van der Waals surface area (Å²) < 4.78 is 0. The number of rotatable bonds is 6. The predicted molar refractivity (Wildman–Crippen MR) is 47.0 cm³/mol. The van der Waals surface area contributed by atoms with E-state index in [0.717, 1.165) is 6.42 Å². The minimum absolute atomic E-state index is 0.649. The Hall–Kier alpha value is -1.05. The first kappa shape index (κ1) is 9.95. The Morgan fingerprint density at radius 2 is 2.18 bits per heavy atom. The van der Waals surface area contributed by atoms with Crippen molar-refractivity contribution in [3.63, 3.8) is 0 Å². The van der Waals surface area contributed by atoms with Crippen LogP contribution in [0.15, 0.2) is 24.4 Å². The third kappa shape index (κ3) is 8.95. The Balaban J connectivity index is 3.21. The molecular formula is C9H15NO. The standard InChI is InChI=1S/C9H15NO/c1-2-3-4-5-6-7-8-10-9-11/h5-9H,2-4H2,1H3,(H,10,11). The fourth-order valence-electron chi connectivity index (χ4n) is 0.647. The van der Waals surface area contributed by atoms with E-state index in [2.05, 4.69) is 18.3 Å². The van der Waals surface area contributed by atoms with Crippen LogP contribution in [0.1, 0.15) is 26.2 Å². The number of allylic oxidation sites excluding steroid dienone is 3. The maximum atomic E-state index is 9.75. The Labute approximate surface area is 68.0 Å². The lowest BCUT2D eigenvalue weighted by atomic mass is 10.2. The van der Waals surface area contributed by atoms with Crippen molar-refractivity contribution in [3.8, 4) is 0 Å². The number of hydrogen-bond acceptors (Lipinski definition) is 1. The quantitative estimate of drug-likeness (QED) is 0.353. The number of unbranched alkanes of at least 4 members (excludes halogenated alkanes) is 2. The molecule has 0 spiro atoms. The zero-order valence-electron chi connectivity index (χ0n) is 6.92. The summed E-state index contributed by atoms with van der Waals surface area (Å²) >= 11 is 0. The number of carbonyl (C=O) groups excluding carboxylic acids is 1. The Kier molecular flexibility index (Phi) is 8.10. The van der Waals surface area contributed by atoms with Crippen LogP contribution in [0.5, 0.6) is 0 Å². The third-order valence-corrected chi connectivity index (χ3v) is 1.23. The third-order valence-electron chi connectivity index (χ3n) is 1.23. The van der Waals surface area contributed by atoms with E-state index in [1.807, 2.05) is 12.2 Å². The molecule has 0 saturated heterocycles. The number of amides is 1. The molecule has 1 amide bonds. The molecule has 0 atom stereocenters. The second kappa shape index (κ2) is 8.95. The monoisotopic (exact) mass is 153 g/mol. The Morgan fingerprint density at radius 3 is 2.82 bits per heavy atom. The minimum atomic E-state index is 0.649. The molecule has 0 aromatic heterocycles. The molecular weight excluding hydrogens is 138 g/mol. The van der Waals surface area contributed by atoms with Crippen LogP contribution in [-0.2, 0) is 4.79 Å². The highest BCUT2D eigenvalue weighted by atomic mass is 16.1. The fourth-order valence-corrected chi connectivity index (χ4v) is 0.647. The fraction of sp³-hybridized carbons (Fsp3) is 0.444. The van der Waals surface area contributed by atoms with Crippen molar-refractivity contribution in [2.45, 2.75) is 26.2 Å². The van der Waals surface area contributed by atoms with Crippen molar-refractivity contribution in [1.29, 1.82) is 0 Å². The summed E-state index contributed by atoms with van der Waals surface area (Å²) in [6.07, 6.45) is 11.7. The number of carbonyl (C=O) groups is 1. The maximum absolute atomic E-state index is 9.75. The van der Waals surface area contributed by atoms with Crippen LogP contribution >= 0.6 is 0 Å². The molecule has 0 fully saturated rings. The van der Waals surface area contributed by atoms with E-state index < -0.39 is 0 Å². The molecule has 0 aliphatic carbocycles. The molecule has 0 radical (unpaired) electrons.